The zero-order valence-electron chi connectivity index (χ0n) is 23.2. The second-order valence-electron chi connectivity index (χ2n) is 9.78. The molecule has 0 spiro atoms. The Kier molecular flexibility index (Phi) is 8.16. The fourth-order valence-electron chi connectivity index (χ4n) is 5.54. The number of hydrogen-bond donors (Lipinski definition) is 4. The Bertz CT molecular complexity index is 1870. The fourth-order valence-corrected chi connectivity index (χ4v) is 5.54. The van der Waals surface area contributed by atoms with Crippen molar-refractivity contribution in [3.63, 3.8) is 0 Å². The molecule has 5 aromatic rings. The van der Waals surface area contributed by atoms with Crippen LogP contribution in [-0.4, -0.2) is 82.6 Å². The van der Waals surface area contributed by atoms with Crippen molar-refractivity contribution in [3.8, 4) is 11.1 Å². The van der Waals surface area contributed by atoms with Crippen LogP contribution in [-0.2, 0) is 11.8 Å². The van der Waals surface area contributed by atoms with Gasteiger partial charge in [-0.15, -0.1) is 0 Å². The monoisotopic (exact) mass is 580 g/mol. The highest BCUT2D eigenvalue weighted by molar-refractivity contribution is 6.18. The molecule has 6 rings (SSSR count). The summed E-state index contributed by atoms with van der Waals surface area (Å²) in [7, 11) is 4.31. The van der Waals surface area contributed by atoms with Crippen LogP contribution in [0, 0.1) is 11.6 Å². The van der Waals surface area contributed by atoms with Crippen LogP contribution in [0.2, 0.25) is 0 Å². The molecule has 1 aliphatic heterocycles. The number of morpholine rings is 1. The first-order valence-corrected chi connectivity index (χ1v) is 13.2. The molecule has 0 saturated carbocycles. The van der Waals surface area contributed by atoms with Gasteiger partial charge >= 0.3 is 0 Å². The van der Waals surface area contributed by atoms with Crippen LogP contribution < -0.4 is 15.6 Å². The van der Waals surface area contributed by atoms with E-state index in [0.29, 0.717) is 77.1 Å². The maximum absolute atomic E-state index is 15.5. The predicted octanol–water partition coefficient (Wildman–Crippen LogP) is 2.96. The smallest absolute Gasteiger partial charge is 0.201 e. The van der Waals surface area contributed by atoms with Crippen molar-refractivity contribution >= 4 is 50.6 Å². The van der Waals surface area contributed by atoms with E-state index in [4.69, 9.17) is 9.84 Å². The number of nitrogens with one attached hydrogen (secondary N) is 2. The van der Waals surface area contributed by atoms with Crippen molar-refractivity contribution in [1.29, 1.82) is 0 Å². The van der Waals surface area contributed by atoms with E-state index in [1.54, 1.807) is 37.1 Å². The molecule has 1 aromatic carbocycles. The molecule has 5 heterocycles. The highest BCUT2D eigenvalue weighted by atomic mass is 19.2. The van der Waals surface area contributed by atoms with E-state index in [9.17, 15) is 19.1 Å². The van der Waals surface area contributed by atoms with Crippen LogP contribution in [0.15, 0.2) is 35.5 Å². The lowest BCUT2D eigenvalue weighted by atomic mass is 10.00. The Morgan fingerprint density at radius 2 is 2.00 bits per heavy atom. The van der Waals surface area contributed by atoms with E-state index in [2.05, 4.69) is 20.3 Å². The number of anilines is 2. The maximum atomic E-state index is 15.5. The summed E-state index contributed by atoms with van der Waals surface area (Å²) in [6.45, 7) is 1.11. The predicted molar refractivity (Wildman–Crippen MR) is 156 cm³/mol. The minimum Gasteiger partial charge on any atom is -0.400 e. The molecule has 220 valence electrons. The highest BCUT2D eigenvalue weighted by Crippen LogP contribution is 2.43. The number of halogens is 2. The van der Waals surface area contributed by atoms with Crippen LogP contribution >= 0.6 is 0 Å². The molecule has 4 N–H and O–H groups in total. The van der Waals surface area contributed by atoms with E-state index in [1.807, 2.05) is 4.90 Å². The summed E-state index contributed by atoms with van der Waals surface area (Å²) in [5, 5.41) is 20.1. The molecule has 13 heteroatoms. The molecule has 0 radical (unpaired) electrons. The fraction of sp³-hybridized carbons (Fsp3) is 0.310. The number of aromatic amines is 1. The number of carbonyl (C=O) groups is 1. The number of fused-ring (bicyclic) bond motifs is 4. The first-order chi connectivity index (χ1) is 20.4. The van der Waals surface area contributed by atoms with E-state index >= 15 is 4.39 Å². The van der Waals surface area contributed by atoms with Gasteiger partial charge in [0.15, 0.2) is 17.9 Å². The van der Waals surface area contributed by atoms with E-state index in [-0.39, 0.29) is 29.0 Å². The lowest BCUT2D eigenvalue weighted by Crippen LogP contribution is -2.43. The number of rotatable bonds is 6. The zero-order valence-corrected chi connectivity index (χ0v) is 23.2. The Morgan fingerprint density at radius 1 is 1.21 bits per heavy atom. The number of H-pyrrole nitrogens is 1. The van der Waals surface area contributed by atoms with Crippen molar-refractivity contribution in [2.75, 3.05) is 50.7 Å². The molecule has 1 saturated heterocycles. The third-order valence-electron chi connectivity index (χ3n) is 7.42. The van der Waals surface area contributed by atoms with Crippen LogP contribution in [0.1, 0.15) is 16.8 Å². The SMILES string of the molecule is CNc1cc(F)c(F)c2c1[nH]c1ncc(-c3cnc4c(c3)c(=O)c(C=O)cn4C)c(N3CCOC(CCO)C3)c12.CO. The Balaban J connectivity index is 0.00000173. The van der Waals surface area contributed by atoms with Crippen molar-refractivity contribution < 1.29 is 28.5 Å². The van der Waals surface area contributed by atoms with E-state index in [0.717, 1.165) is 13.2 Å². The molecule has 0 aliphatic carbocycles. The van der Waals surface area contributed by atoms with Crippen molar-refractivity contribution in [3.05, 3.63) is 58.1 Å². The Labute approximate surface area is 238 Å². The molecular formula is C29H30F2N6O5. The van der Waals surface area contributed by atoms with E-state index in [1.165, 1.54) is 6.20 Å². The standard InChI is InChI=1S/C28H26F2N6O4.CH4O/c1-31-20-8-19(29)23(30)21-22-25(36-4-6-40-16(12-36)3-5-37)18(10-32-27(22)34-24(20)21)14-7-17-26(39)15(13-38)11-35(2)28(17)33-9-14;1-2/h7-11,13,16,31,37H,3-6,12H2,1-2H3,(H,32,34);2H,1H3. The summed E-state index contributed by atoms with van der Waals surface area (Å²) in [5.41, 5.74) is 2.65. The lowest BCUT2D eigenvalue weighted by molar-refractivity contribution is 0.0248. The van der Waals surface area contributed by atoms with Gasteiger partial charge in [-0.2, -0.15) is 0 Å². The number of aldehydes is 1. The van der Waals surface area contributed by atoms with Gasteiger partial charge in [0.2, 0.25) is 5.43 Å². The van der Waals surface area contributed by atoms with Gasteiger partial charge in [-0.05, 0) is 12.5 Å². The molecule has 1 unspecified atom stereocenters. The summed E-state index contributed by atoms with van der Waals surface area (Å²) >= 11 is 0. The highest BCUT2D eigenvalue weighted by Gasteiger charge is 2.29. The molecule has 4 aromatic heterocycles. The van der Waals surface area contributed by atoms with Gasteiger partial charge in [0.1, 0.15) is 11.3 Å². The summed E-state index contributed by atoms with van der Waals surface area (Å²) in [6, 6.07) is 2.73. The first kappa shape index (κ1) is 29.0. The number of carbonyl (C=O) groups excluding carboxylic acids is 1. The van der Waals surface area contributed by atoms with Crippen molar-refractivity contribution in [2.24, 2.45) is 7.05 Å². The van der Waals surface area contributed by atoms with Gasteiger partial charge in [0, 0.05) is 76.7 Å². The van der Waals surface area contributed by atoms with Crippen molar-refractivity contribution in [2.45, 2.75) is 12.5 Å². The number of aryl methyl sites for hydroxylation is 1. The summed E-state index contributed by atoms with van der Waals surface area (Å²) in [4.78, 5) is 38.8. The topological polar surface area (TPSA) is 146 Å². The molecule has 1 atom stereocenters. The molecule has 42 heavy (non-hydrogen) atoms. The van der Waals surface area contributed by atoms with E-state index < -0.39 is 17.1 Å². The van der Waals surface area contributed by atoms with Gasteiger partial charge < -0.3 is 34.7 Å². The first-order valence-electron chi connectivity index (χ1n) is 13.2. The number of benzene rings is 1. The average Bonchev–Trinajstić information content (AvgIpc) is 3.41. The van der Waals surface area contributed by atoms with Crippen LogP contribution in [0.5, 0.6) is 0 Å². The lowest BCUT2D eigenvalue weighted by Gasteiger charge is -2.36. The summed E-state index contributed by atoms with van der Waals surface area (Å²) < 4.78 is 37.8. The number of hydrogen-bond acceptors (Lipinski definition) is 9. The van der Waals surface area contributed by atoms with Gasteiger partial charge in [-0.3, -0.25) is 9.59 Å². The minimum atomic E-state index is -1.01. The third kappa shape index (κ3) is 4.74. The molecule has 0 bridgehead atoms. The maximum Gasteiger partial charge on any atom is 0.201 e. The Hall–Kier alpha value is -4.46. The number of aliphatic hydroxyl groups is 2. The summed E-state index contributed by atoms with van der Waals surface area (Å²) in [5.74, 6) is -2.02. The molecular weight excluding hydrogens is 550 g/mol. The van der Waals surface area contributed by atoms with Gasteiger partial charge in [-0.1, -0.05) is 0 Å². The molecule has 0 amide bonds. The number of aromatic nitrogens is 4. The number of pyridine rings is 3. The van der Waals surface area contributed by atoms with Crippen LogP contribution in [0.25, 0.3) is 44.1 Å². The Morgan fingerprint density at radius 3 is 2.71 bits per heavy atom. The summed E-state index contributed by atoms with van der Waals surface area (Å²) in [6.07, 6.45) is 5.25. The van der Waals surface area contributed by atoms with Crippen LogP contribution in [0.4, 0.5) is 20.2 Å². The van der Waals surface area contributed by atoms with Gasteiger partial charge in [0.25, 0.3) is 0 Å². The molecule has 11 nitrogen and oxygen atoms in total. The molecule has 1 fully saturated rings. The number of nitrogens with zero attached hydrogens (tertiary/aromatic N) is 4. The molecule has 1 aliphatic rings. The number of ether oxygens (including phenoxy) is 1. The minimum absolute atomic E-state index is 0.00320. The van der Waals surface area contributed by atoms with Crippen molar-refractivity contribution in [1.82, 2.24) is 19.5 Å². The quantitative estimate of drug-likeness (QED) is 0.223. The second kappa shape index (κ2) is 11.8. The average molecular weight is 581 g/mol. The number of aliphatic hydroxyl groups excluding tert-OH is 2. The second-order valence-corrected chi connectivity index (χ2v) is 9.78. The zero-order chi connectivity index (χ0) is 30.1. The third-order valence-corrected chi connectivity index (χ3v) is 7.42. The van der Waals surface area contributed by atoms with Gasteiger partial charge in [0.05, 0.1) is 51.3 Å². The van der Waals surface area contributed by atoms with Gasteiger partial charge in [-0.25, -0.2) is 18.7 Å². The normalized spacial score (nSPS) is 15.2. The largest absolute Gasteiger partial charge is 0.400 e. The van der Waals surface area contributed by atoms with Crippen LogP contribution in [0.3, 0.4) is 0 Å².